The highest BCUT2D eigenvalue weighted by Crippen LogP contribution is 2.27. The summed E-state index contributed by atoms with van der Waals surface area (Å²) in [5, 5.41) is 12.5. The van der Waals surface area contributed by atoms with Crippen molar-refractivity contribution in [1.82, 2.24) is 10.2 Å². The Morgan fingerprint density at radius 2 is 1.94 bits per heavy atom. The lowest BCUT2D eigenvalue weighted by Gasteiger charge is -2.39. The van der Waals surface area contributed by atoms with E-state index in [-0.39, 0.29) is 17.7 Å². The Hall–Kier alpha value is -1.10. The molecular formula is C13H22N2O3. The summed E-state index contributed by atoms with van der Waals surface area (Å²) in [6, 6.07) is -0.640. The van der Waals surface area contributed by atoms with Crippen LogP contribution in [-0.2, 0) is 9.59 Å². The number of hydrogen-bond donors (Lipinski definition) is 2. The fraction of sp³-hybridized carbons (Fsp3) is 0.846. The van der Waals surface area contributed by atoms with Crippen molar-refractivity contribution < 1.29 is 14.7 Å². The molecule has 0 aliphatic carbocycles. The molecule has 102 valence electrons. The Labute approximate surface area is 108 Å². The van der Waals surface area contributed by atoms with E-state index < -0.39 is 12.0 Å². The minimum Gasteiger partial charge on any atom is -0.480 e. The number of carboxylic acid groups (broad SMARTS) is 1. The van der Waals surface area contributed by atoms with Gasteiger partial charge >= 0.3 is 5.97 Å². The van der Waals surface area contributed by atoms with Crippen LogP contribution < -0.4 is 5.32 Å². The largest absolute Gasteiger partial charge is 0.480 e. The number of likely N-dealkylation sites (tertiary alicyclic amines) is 1. The lowest BCUT2D eigenvalue weighted by Crippen LogP contribution is -2.54. The summed E-state index contributed by atoms with van der Waals surface area (Å²) in [7, 11) is 0. The highest BCUT2D eigenvalue weighted by atomic mass is 16.4. The summed E-state index contributed by atoms with van der Waals surface area (Å²) < 4.78 is 0. The molecule has 5 heteroatoms. The average Bonchev–Trinajstić information content (AvgIpc) is 2.73. The molecule has 2 aliphatic rings. The third kappa shape index (κ3) is 2.36. The van der Waals surface area contributed by atoms with Crippen molar-refractivity contribution in [3.63, 3.8) is 0 Å². The van der Waals surface area contributed by atoms with E-state index in [0.717, 1.165) is 19.4 Å². The Balaban J connectivity index is 2.14. The van der Waals surface area contributed by atoms with Crippen molar-refractivity contribution in [3.8, 4) is 0 Å². The molecule has 2 aliphatic heterocycles. The Morgan fingerprint density at radius 1 is 1.22 bits per heavy atom. The fourth-order valence-corrected chi connectivity index (χ4v) is 3.17. The molecule has 0 saturated carbocycles. The van der Waals surface area contributed by atoms with Gasteiger partial charge in [0.15, 0.2) is 0 Å². The number of piperidine rings is 1. The minimum atomic E-state index is -0.867. The van der Waals surface area contributed by atoms with Crippen LogP contribution in [0, 0.1) is 17.8 Å². The first kappa shape index (κ1) is 13.3. The van der Waals surface area contributed by atoms with Crippen LogP contribution in [0.3, 0.4) is 0 Å². The smallest absolute Gasteiger partial charge is 0.326 e. The molecule has 1 amide bonds. The van der Waals surface area contributed by atoms with Gasteiger partial charge in [0, 0.05) is 13.1 Å². The topological polar surface area (TPSA) is 69.6 Å². The van der Waals surface area contributed by atoms with Crippen LogP contribution in [0.15, 0.2) is 0 Å². The normalized spacial score (nSPS) is 36.7. The van der Waals surface area contributed by atoms with Gasteiger partial charge in [0.2, 0.25) is 5.91 Å². The Bertz CT molecular complexity index is 345. The highest BCUT2D eigenvalue weighted by Gasteiger charge is 2.41. The van der Waals surface area contributed by atoms with Crippen molar-refractivity contribution >= 4 is 11.9 Å². The third-order valence-electron chi connectivity index (χ3n) is 4.30. The number of aliphatic carboxylic acids is 1. The number of hydrogen-bond acceptors (Lipinski definition) is 3. The zero-order valence-electron chi connectivity index (χ0n) is 11.1. The maximum absolute atomic E-state index is 12.5. The van der Waals surface area contributed by atoms with Gasteiger partial charge in [-0.25, -0.2) is 4.79 Å². The quantitative estimate of drug-likeness (QED) is 0.755. The minimum absolute atomic E-state index is 0.0199. The van der Waals surface area contributed by atoms with E-state index in [2.05, 4.69) is 5.32 Å². The zero-order valence-corrected chi connectivity index (χ0v) is 11.1. The van der Waals surface area contributed by atoms with Gasteiger partial charge in [0.1, 0.15) is 6.04 Å². The molecule has 18 heavy (non-hydrogen) atoms. The standard InChI is InChI=1S/C13H22N2O3/c1-8-4-3-5-15(11(8)13(17)18)12(16)10-7-14-6-9(10)2/h8-11,14H,3-7H2,1-2H3,(H,17,18)/t8?,9-,10-,11?/m1/s1. The SMILES string of the molecule is CC1CCCN(C(=O)[C@@H]2CNC[C@H]2C)C1C(=O)O. The van der Waals surface area contributed by atoms with E-state index >= 15 is 0 Å². The molecule has 0 spiro atoms. The molecule has 0 radical (unpaired) electrons. The summed E-state index contributed by atoms with van der Waals surface area (Å²) >= 11 is 0. The molecular weight excluding hydrogens is 232 g/mol. The maximum atomic E-state index is 12.5. The first-order valence-electron chi connectivity index (χ1n) is 6.76. The first-order valence-corrected chi connectivity index (χ1v) is 6.76. The average molecular weight is 254 g/mol. The monoisotopic (exact) mass is 254 g/mol. The van der Waals surface area contributed by atoms with Crippen LogP contribution >= 0.6 is 0 Å². The van der Waals surface area contributed by atoms with E-state index in [9.17, 15) is 14.7 Å². The van der Waals surface area contributed by atoms with Crippen molar-refractivity contribution in [2.45, 2.75) is 32.7 Å². The second-order valence-electron chi connectivity index (χ2n) is 5.68. The molecule has 5 nitrogen and oxygen atoms in total. The second-order valence-corrected chi connectivity index (χ2v) is 5.68. The van der Waals surface area contributed by atoms with Gasteiger partial charge in [-0.15, -0.1) is 0 Å². The molecule has 2 unspecified atom stereocenters. The molecule has 2 heterocycles. The van der Waals surface area contributed by atoms with Gasteiger partial charge in [-0.2, -0.15) is 0 Å². The van der Waals surface area contributed by atoms with Gasteiger partial charge in [0.25, 0.3) is 0 Å². The fourth-order valence-electron chi connectivity index (χ4n) is 3.17. The van der Waals surface area contributed by atoms with Crippen molar-refractivity contribution in [3.05, 3.63) is 0 Å². The van der Waals surface area contributed by atoms with Gasteiger partial charge in [0.05, 0.1) is 5.92 Å². The van der Waals surface area contributed by atoms with Gasteiger partial charge in [-0.3, -0.25) is 4.79 Å². The molecule has 2 saturated heterocycles. The van der Waals surface area contributed by atoms with Crippen molar-refractivity contribution in [2.75, 3.05) is 19.6 Å². The van der Waals surface area contributed by atoms with E-state index in [4.69, 9.17) is 0 Å². The summed E-state index contributed by atoms with van der Waals surface area (Å²) in [5.41, 5.74) is 0. The molecule has 0 aromatic rings. The third-order valence-corrected chi connectivity index (χ3v) is 4.30. The number of carboxylic acids is 1. The van der Waals surface area contributed by atoms with Gasteiger partial charge < -0.3 is 15.3 Å². The van der Waals surface area contributed by atoms with E-state index in [1.807, 2.05) is 13.8 Å². The van der Waals surface area contributed by atoms with Gasteiger partial charge in [-0.05, 0) is 31.2 Å². The van der Waals surface area contributed by atoms with Crippen LogP contribution in [0.4, 0.5) is 0 Å². The molecule has 0 bridgehead atoms. The van der Waals surface area contributed by atoms with Crippen molar-refractivity contribution in [2.24, 2.45) is 17.8 Å². The number of carbonyl (C=O) groups excluding carboxylic acids is 1. The molecule has 2 rings (SSSR count). The number of amides is 1. The second kappa shape index (κ2) is 5.26. The predicted octanol–water partition coefficient (Wildman–Crippen LogP) is 0.554. The van der Waals surface area contributed by atoms with E-state index in [1.165, 1.54) is 0 Å². The predicted molar refractivity (Wildman–Crippen MR) is 67.1 cm³/mol. The summed E-state index contributed by atoms with van der Waals surface area (Å²) in [4.78, 5) is 25.5. The molecule has 0 aromatic carbocycles. The summed E-state index contributed by atoms with van der Waals surface area (Å²) in [6.07, 6.45) is 1.80. The van der Waals surface area contributed by atoms with Gasteiger partial charge in [-0.1, -0.05) is 13.8 Å². The van der Waals surface area contributed by atoms with Crippen molar-refractivity contribution in [1.29, 1.82) is 0 Å². The first-order chi connectivity index (χ1) is 8.52. The van der Waals surface area contributed by atoms with Crippen LogP contribution in [0.2, 0.25) is 0 Å². The molecule has 0 aromatic heterocycles. The number of rotatable bonds is 2. The summed E-state index contributed by atoms with van der Waals surface area (Å²) in [5.74, 6) is -0.563. The number of carbonyl (C=O) groups is 2. The maximum Gasteiger partial charge on any atom is 0.326 e. The number of nitrogens with zero attached hydrogens (tertiary/aromatic N) is 1. The highest BCUT2D eigenvalue weighted by molar-refractivity contribution is 5.86. The van der Waals surface area contributed by atoms with E-state index in [1.54, 1.807) is 4.90 Å². The Kier molecular flexibility index (Phi) is 3.90. The molecule has 2 fully saturated rings. The summed E-state index contributed by atoms with van der Waals surface area (Å²) in [6.45, 7) is 6.08. The molecule has 2 N–H and O–H groups in total. The molecule has 4 atom stereocenters. The zero-order chi connectivity index (χ0) is 13.3. The van der Waals surface area contributed by atoms with E-state index in [0.29, 0.717) is 19.0 Å². The van der Waals surface area contributed by atoms with Crippen LogP contribution in [0.5, 0.6) is 0 Å². The lowest BCUT2D eigenvalue weighted by atomic mass is 9.88. The van der Waals surface area contributed by atoms with Crippen LogP contribution in [0.25, 0.3) is 0 Å². The van der Waals surface area contributed by atoms with Crippen LogP contribution in [-0.4, -0.2) is 47.6 Å². The lowest BCUT2D eigenvalue weighted by molar-refractivity contribution is -0.156. The number of nitrogens with one attached hydrogen (secondary N) is 1. The van der Waals surface area contributed by atoms with Crippen LogP contribution in [0.1, 0.15) is 26.7 Å². The Morgan fingerprint density at radius 3 is 2.50 bits per heavy atom.